The van der Waals surface area contributed by atoms with E-state index in [1.54, 1.807) is 12.2 Å². The summed E-state index contributed by atoms with van der Waals surface area (Å²) in [6.07, 6.45) is 3.40. The monoisotopic (exact) mass is 154 g/mol. The van der Waals surface area contributed by atoms with Crippen molar-refractivity contribution in [2.45, 2.75) is 13.0 Å². The van der Waals surface area contributed by atoms with E-state index in [0.29, 0.717) is 6.54 Å². The van der Waals surface area contributed by atoms with Crippen LogP contribution in [0.3, 0.4) is 0 Å². The van der Waals surface area contributed by atoms with Crippen LogP contribution in [0.1, 0.15) is 6.92 Å². The minimum absolute atomic E-state index is 0.126. The molecule has 11 heavy (non-hydrogen) atoms. The molecular weight excluding hydrogens is 144 g/mol. The highest BCUT2D eigenvalue weighted by molar-refractivity contribution is 5.88. The fourth-order valence-electron chi connectivity index (χ4n) is 1.09. The number of hydrogen-bond acceptors (Lipinski definition) is 2. The number of nitrogens with two attached hydrogens (primary N) is 1. The van der Waals surface area contributed by atoms with Crippen molar-refractivity contribution in [1.29, 1.82) is 0 Å². The van der Waals surface area contributed by atoms with Gasteiger partial charge in [0.25, 0.3) is 0 Å². The molecule has 0 aromatic rings. The number of hydrogen-bond donors (Lipinski definition) is 1. The minimum atomic E-state index is -0.535. The van der Waals surface area contributed by atoms with E-state index in [1.807, 2.05) is 0 Å². The molecule has 2 N–H and O–H groups in total. The molecule has 0 spiro atoms. The van der Waals surface area contributed by atoms with E-state index in [1.165, 1.54) is 11.8 Å². The Morgan fingerprint density at radius 1 is 1.64 bits per heavy atom. The minimum Gasteiger partial charge on any atom is -0.368 e. The lowest BCUT2D eigenvalue weighted by Gasteiger charge is -2.19. The molecule has 0 aromatic heterocycles. The number of carbonyl (C=O) groups excluding carboxylic acids is 2. The summed E-state index contributed by atoms with van der Waals surface area (Å²) in [4.78, 5) is 23.0. The van der Waals surface area contributed by atoms with Crippen LogP contribution in [0.5, 0.6) is 0 Å². The van der Waals surface area contributed by atoms with E-state index in [2.05, 4.69) is 0 Å². The van der Waals surface area contributed by atoms with E-state index in [0.717, 1.165) is 0 Å². The average Bonchev–Trinajstić information content (AvgIpc) is 2.32. The molecule has 1 atom stereocenters. The fraction of sp³-hybridized carbons (Fsp3) is 0.429. The van der Waals surface area contributed by atoms with Gasteiger partial charge in [-0.05, 0) is 0 Å². The predicted molar refractivity (Wildman–Crippen MR) is 39.5 cm³/mol. The smallest absolute Gasteiger partial charge is 0.244 e. The predicted octanol–water partition coefficient (Wildman–Crippen LogP) is -0.741. The molecule has 1 aliphatic rings. The maximum atomic E-state index is 10.8. The standard InChI is InChI=1S/C7H10N2O2/c1-5(10)9-4-2-3-6(9)7(8)11/h2-3,6H,4H2,1H3,(H2,8,11). The highest BCUT2D eigenvalue weighted by atomic mass is 16.2. The van der Waals surface area contributed by atoms with Gasteiger partial charge in [-0.15, -0.1) is 0 Å². The molecule has 1 unspecified atom stereocenters. The van der Waals surface area contributed by atoms with Crippen molar-refractivity contribution in [3.63, 3.8) is 0 Å². The first-order valence-electron chi connectivity index (χ1n) is 3.36. The Bertz CT molecular complexity index is 222. The SMILES string of the molecule is CC(=O)N1CC=CC1C(N)=O. The average molecular weight is 154 g/mol. The van der Waals surface area contributed by atoms with Gasteiger partial charge in [-0.1, -0.05) is 12.2 Å². The molecular formula is C7H10N2O2. The molecule has 1 heterocycles. The summed E-state index contributed by atoms with van der Waals surface area (Å²) in [7, 11) is 0. The molecule has 4 heteroatoms. The Morgan fingerprint density at radius 2 is 2.27 bits per heavy atom. The summed E-state index contributed by atoms with van der Waals surface area (Å²) in [5.74, 6) is -0.604. The van der Waals surface area contributed by atoms with E-state index in [9.17, 15) is 9.59 Å². The lowest BCUT2D eigenvalue weighted by Crippen LogP contribution is -2.42. The van der Waals surface area contributed by atoms with Crippen molar-refractivity contribution in [3.05, 3.63) is 12.2 Å². The largest absolute Gasteiger partial charge is 0.368 e. The van der Waals surface area contributed by atoms with Crippen molar-refractivity contribution in [1.82, 2.24) is 4.90 Å². The number of nitrogens with zero attached hydrogens (tertiary/aromatic N) is 1. The zero-order valence-electron chi connectivity index (χ0n) is 6.28. The maximum Gasteiger partial charge on any atom is 0.244 e. The molecule has 0 aliphatic carbocycles. The number of rotatable bonds is 1. The third-order valence-corrected chi connectivity index (χ3v) is 1.65. The van der Waals surface area contributed by atoms with Crippen molar-refractivity contribution in [3.8, 4) is 0 Å². The van der Waals surface area contributed by atoms with E-state index >= 15 is 0 Å². The summed E-state index contributed by atoms with van der Waals surface area (Å²) in [6.45, 7) is 1.91. The summed E-state index contributed by atoms with van der Waals surface area (Å²) in [5, 5.41) is 0. The zero-order valence-corrected chi connectivity index (χ0v) is 6.28. The zero-order chi connectivity index (χ0) is 8.43. The highest BCUT2D eigenvalue weighted by Crippen LogP contribution is 2.08. The van der Waals surface area contributed by atoms with Crippen LogP contribution >= 0.6 is 0 Å². The molecule has 1 aliphatic heterocycles. The molecule has 0 fully saturated rings. The molecule has 0 aromatic carbocycles. The van der Waals surface area contributed by atoms with Crippen LogP contribution < -0.4 is 5.73 Å². The molecule has 1 rings (SSSR count). The van der Waals surface area contributed by atoms with Gasteiger partial charge >= 0.3 is 0 Å². The number of amides is 2. The van der Waals surface area contributed by atoms with E-state index in [4.69, 9.17) is 5.73 Å². The number of carbonyl (C=O) groups is 2. The van der Waals surface area contributed by atoms with Gasteiger partial charge in [-0.2, -0.15) is 0 Å². The first-order valence-corrected chi connectivity index (χ1v) is 3.36. The van der Waals surface area contributed by atoms with Crippen LogP contribution in [0.4, 0.5) is 0 Å². The van der Waals surface area contributed by atoms with Crippen molar-refractivity contribution in [2.75, 3.05) is 6.54 Å². The molecule has 0 radical (unpaired) electrons. The van der Waals surface area contributed by atoms with Crippen LogP contribution in [0.15, 0.2) is 12.2 Å². The Hall–Kier alpha value is -1.32. The van der Waals surface area contributed by atoms with Gasteiger partial charge in [0.2, 0.25) is 11.8 Å². The van der Waals surface area contributed by atoms with Gasteiger partial charge in [0.1, 0.15) is 6.04 Å². The van der Waals surface area contributed by atoms with Crippen molar-refractivity contribution < 1.29 is 9.59 Å². The van der Waals surface area contributed by atoms with Crippen LogP contribution in [0.2, 0.25) is 0 Å². The lowest BCUT2D eigenvalue weighted by molar-refractivity contribution is -0.134. The van der Waals surface area contributed by atoms with Gasteiger partial charge in [0.05, 0.1) is 0 Å². The Labute approximate surface area is 64.7 Å². The summed E-state index contributed by atoms with van der Waals surface area (Å²) in [6, 6.07) is -0.535. The topological polar surface area (TPSA) is 63.4 Å². The first-order chi connectivity index (χ1) is 5.13. The van der Waals surface area contributed by atoms with Crippen LogP contribution in [0.25, 0.3) is 0 Å². The Balaban J connectivity index is 2.71. The highest BCUT2D eigenvalue weighted by Gasteiger charge is 2.25. The summed E-state index contributed by atoms with van der Waals surface area (Å²) < 4.78 is 0. The van der Waals surface area contributed by atoms with Gasteiger partial charge in [-0.25, -0.2) is 0 Å². The van der Waals surface area contributed by atoms with Crippen molar-refractivity contribution in [2.24, 2.45) is 5.73 Å². The molecule has 4 nitrogen and oxygen atoms in total. The normalized spacial score (nSPS) is 22.3. The Kier molecular flexibility index (Phi) is 1.94. The first kappa shape index (κ1) is 7.78. The third kappa shape index (κ3) is 1.39. The lowest BCUT2D eigenvalue weighted by atomic mass is 10.3. The van der Waals surface area contributed by atoms with Crippen LogP contribution in [0, 0.1) is 0 Å². The van der Waals surface area contributed by atoms with Crippen LogP contribution in [-0.4, -0.2) is 29.3 Å². The second-order valence-corrected chi connectivity index (χ2v) is 2.45. The second-order valence-electron chi connectivity index (χ2n) is 2.45. The van der Waals surface area contributed by atoms with Crippen LogP contribution in [-0.2, 0) is 9.59 Å². The van der Waals surface area contributed by atoms with Gasteiger partial charge in [0.15, 0.2) is 0 Å². The van der Waals surface area contributed by atoms with E-state index < -0.39 is 11.9 Å². The molecule has 0 saturated carbocycles. The summed E-state index contributed by atoms with van der Waals surface area (Å²) >= 11 is 0. The quantitative estimate of drug-likeness (QED) is 0.505. The van der Waals surface area contributed by atoms with Gasteiger partial charge < -0.3 is 10.6 Å². The van der Waals surface area contributed by atoms with Gasteiger partial charge in [0, 0.05) is 13.5 Å². The fourth-order valence-corrected chi connectivity index (χ4v) is 1.09. The van der Waals surface area contributed by atoms with Gasteiger partial charge in [-0.3, -0.25) is 9.59 Å². The van der Waals surface area contributed by atoms with Crippen molar-refractivity contribution >= 4 is 11.8 Å². The molecule has 0 bridgehead atoms. The van der Waals surface area contributed by atoms with E-state index in [-0.39, 0.29) is 5.91 Å². The molecule has 0 saturated heterocycles. The third-order valence-electron chi connectivity index (χ3n) is 1.65. The molecule has 60 valence electrons. The number of primary amides is 1. The maximum absolute atomic E-state index is 10.8. The Morgan fingerprint density at radius 3 is 2.64 bits per heavy atom. The second kappa shape index (κ2) is 2.74. The summed E-state index contributed by atoms with van der Waals surface area (Å²) in [5.41, 5.74) is 5.04. The molecule has 2 amide bonds.